The number of hydrogen-bond donors (Lipinski definition) is 1. The molecule has 1 saturated carbocycles. The number of nitrogens with one attached hydrogen (secondary N) is 1. The van der Waals surface area contributed by atoms with Gasteiger partial charge in [-0.25, -0.2) is 4.98 Å². The van der Waals surface area contributed by atoms with E-state index >= 15 is 0 Å². The molecule has 5 heteroatoms. The Morgan fingerprint density at radius 3 is 2.89 bits per heavy atom. The van der Waals surface area contributed by atoms with Crippen LogP contribution in [0, 0.1) is 0 Å². The third-order valence-electron chi connectivity index (χ3n) is 3.47. The number of methoxy groups -OCH3 is 1. The molecule has 106 valence electrons. The van der Waals surface area contributed by atoms with Crippen LogP contribution in [0.25, 0.3) is 0 Å². The van der Waals surface area contributed by atoms with Crippen LogP contribution in [0.4, 0.5) is 5.82 Å². The first-order valence-corrected chi connectivity index (χ1v) is 7.10. The molecular formula is C14H22ClN3O. The monoisotopic (exact) mass is 283 g/mol. The summed E-state index contributed by atoms with van der Waals surface area (Å²) in [6, 6.07) is 4.81. The molecule has 0 saturated heterocycles. The standard InChI is InChI=1S/C14H22ClN3O/c1-10(9-19-3)18(2)14-7-6-12(15)13(17-14)8-16-11-4-5-11/h6-7,10-11,16H,4-5,8-9H2,1-3H3. The van der Waals surface area contributed by atoms with Gasteiger partial charge in [0.15, 0.2) is 0 Å². The van der Waals surface area contributed by atoms with Crippen LogP contribution in [0.3, 0.4) is 0 Å². The number of likely N-dealkylation sites (N-methyl/N-ethyl adjacent to an activating group) is 1. The van der Waals surface area contributed by atoms with Crippen molar-refractivity contribution in [3.05, 3.63) is 22.8 Å². The number of nitrogens with zero attached hydrogens (tertiary/aromatic N) is 2. The lowest BCUT2D eigenvalue weighted by Crippen LogP contribution is -2.33. The van der Waals surface area contributed by atoms with Crippen molar-refractivity contribution < 1.29 is 4.74 Å². The zero-order chi connectivity index (χ0) is 13.8. The van der Waals surface area contributed by atoms with E-state index in [0.29, 0.717) is 12.6 Å². The molecule has 1 aliphatic rings. The summed E-state index contributed by atoms with van der Waals surface area (Å²) < 4.78 is 5.18. The van der Waals surface area contributed by atoms with Crippen molar-refractivity contribution >= 4 is 17.4 Å². The largest absolute Gasteiger partial charge is 0.383 e. The Bertz CT molecular complexity index is 423. The molecule has 1 aromatic rings. The van der Waals surface area contributed by atoms with Crippen LogP contribution < -0.4 is 10.2 Å². The van der Waals surface area contributed by atoms with Gasteiger partial charge in [0.25, 0.3) is 0 Å². The lowest BCUT2D eigenvalue weighted by molar-refractivity contribution is 0.183. The molecule has 1 unspecified atom stereocenters. The number of anilines is 1. The van der Waals surface area contributed by atoms with E-state index in [4.69, 9.17) is 16.3 Å². The minimum Gasteiger partial charge on any atom is -0.383 e. The van der Waals surface area contributed by atoms with E-state index in [2.05, 4.69) is 22.1 Å². The van der Waals surface area contributed by atoms with Crippen LogP contribution in [0.2, 0.25) is 5.02 Å². The third kappa shape index (κ3) is 4.06. The zero-order valence-corrected chi connectivity index (χ0v) is 12.6. The highest BCUT2D eigenvalue weighted by molar-refractivity contribution is 6.31. The second-order valence-corrected chi connectivity index (χ2v) is 5.58. The second kappa shape index (κ2) is 6.55. The number of ether oxygens (including phenoxy) is 1. The number of rotatable bonds is 7. The van der Waals surface area contributed by atoms with Gasteiger partial charge in [0, 0.05) is 26.7 Å². The Balaban J connectivity index is 2.05. The number of aromatic nitrogens is 1. The van der Waals surface area contributed by atoms with E-state index in [-0.39, 0.29) is 6.04 Å². The Morgan fingerprint density at radius 1 is 1.53 bits per heavy atom. The van der Waals surface area contributed by atoms with Gasteiger partial charge in [-0.2, -0.15) is 0 Å². The van der Waals surface area contributed by atoms with Crippen LogP contribution in [0.5, 0.6) is 0 Å². The highest BCUT2D eigenvalue weighted by Crippen LogP contribution is 2.23. The number of pyridine rings is 1. The van der Waals surface area contributed by atoms with E-state index in [9.17, 15) is 0 Å². The summed E-state index contributed by atoms with van der Waals surface area (Å²) in [6.07, 6.45) is 2.53. The molecule has 1 aliphatic carbocycles. The van der Waals surface area contributed by atoms with Crippen molar-refractivity contribution in [2.24, 2.45) is 0 Å². The molecular weight excluding hydrogens is 262 g/mol. The van der Waals surface area contributed by atoms with E-state index < -0.39 is 0 Å². The normalized spacial score (nSPS) is 16.4. The van der Waals surface area contributed by atoms with Crippen molar-refractivity contribution in [3.8, 4) is 0 Å². The van der Waals surface area contributed by atoms with Crippen molar-refractivity contribution in [3.63, 3.8) is 0 Å². The zero-order valence-electron chi connectivity index (χ0n) is 11.8. The van der Waals surface area contributed by atoms with Crippen LogP contribution in [0.1, 0.15) is 25.5 Å². The van der Waals surface area contributed by atoms with Gasteiger partial charge in [-0.3, -0.25) is 0 Å². The van der Waals surface area contributed by atoms with Gasteiger partial charge in [0.1, 0.15) is 5.82 Å². The van der Waals surface area contributed by atoms with Gasteiger partial charge in [0.2, 0.25) is 0 Å². The molecule has 0 spiro atoms. The van der Waals surface area contributed by atoms with Gasteiger partial charge in [-0.1, -0.05) is 11.6 Å². The molecule has 1 atom stereocenters. The van der Waals surface area contributed by atoms with E-state index in [0.717, 1.165) is 23.1 Å². The molecule has 0 aromatic carbocycles. The predicted octanol–water partition coefficient (Wildman–Crippen LogP) is 2.46. The Morgan fingerprint density at radius 2 is 2.26 bits per heavy atom. The van der Waals surface area contributed by atoms with E-state index in [1.807, 2.05) is 19.2 Å². The maximum absolute atomic E-state index is 6.20. The summed E-state index contributed by atoms with van der Waals surface area (Å²) in [4.78, 5) is 6.76. The van der Waals surface area contributed by atoms with Crippen molar-refractivity contribution in [2.75, 3.05) is 25.7 Å². The molecule has 1 heterocycles. The van der Waals surface area contributed by atoms with E-state index in [1.54, 1.807) is 7.11 Å². The van der Waals surface area contributed by atoms with E-state index in [1.165, 1.54) is 12.8 Å². The van der Waals surface area contributed by atoms with Gasteiger partial charge in [-0.15, -0.1) is 0 Å². The highest BCUT2D eigenvalue weighted by atomic mass is 35.5. The average molecular weight is 284 g/mol. The SMILES string of the molecule is COCC(C)N(C)c1ccc(Cl)c(CNC2CC2)n1. The first-order valence-electron chi connectivity index (χ1n) is 6.72. The first-order chi connectivity index (χ1) is 9.11. The molecule has 1 aromatic heterocycles. The summed E-state index contributed by atoms with van der Waals surface area (Å²) in [5.74, 6) is 0.932. The maximum Gasteiger partial charge on any atom is 0.129 e. The molecule has 0 bridgehead atoms. The van der Waals surface area contributed by atoms with Crippen LogP contribution in [-0.2, 0) is 11.3 Å². The topological polar surface area (TPSA) is 37.4 Å². The summed E-state index contributed by atoms with van der Waals surface area (Å²) in [6.45, 7) is 3.53. The van der Waals surface area contributed by atoms with Crippen molar-refractivity contribution in [2.45, 2.75) is 38.4 Å². The molecule has 1 N–H and O–H groups in total. The summed E-state index contributed by atoms with van der Waals surface area (Å²) in [7, 11) is 3.74. The minimum absolute atomic E-state index is 0.280. The molecule has 4 nitrogen and oxygen atoms in total. The summed E-state index contributed by atoms with van der Waals surface area (Å²) in [5, 5.41) is 4.17. The van der Waals surface area contributed by atoms with Gasteiger partial charge >= 0.3 is 0 Å². The van der Waals surface area contributed by atoms with Crippen LogP contribution in [0.15, 0.2) is 12.1 Å². The van der Waals surface area contributed by atoms with Crippen LogP contribution >= 0.6 is 11.6 Å². The quantitative estimate of drug-likeness (QED) is 0.834. The molecule has 1 fully saturated rings. The van der Waals surface area contributed by atoms with Crippen molar-refractivity contribution in [1.29, 1.82) is 0 Å². The fraction of sp³-hybridized carbons (Fsp3) is 0.643. The average Bonchev–Trinajstić information content (AvgIpc) is 3.21. The van der Waals surface area contributed by atoms with Gasteiger partial charge in [0.05, 0.1) is 23.4 Å². The smallest absolute Gasteiger partial charge is 0.129 e. The summed E-state index contributed by atoms with van der Waals surface area (Å²) in [5.41, 5.74) is 0.919. The Kier molecular flexibility index (Phi) is 5.02. The lowest BCUT2D eigenvalue weighted by Gasteiger charge is -2.26. The Labute approximate surface area is 120 Å². The molecule has 2 rings (SSSR count). The molecule has 0 aliphatic heterocycles. The Hall–Kier alpha value is -0.840. The van der Waals surface area contributed by atoms with Crippen LogP contribution in [-0.4, -0.2) is 37.8 Å². The molecule has 0 amide bonds. The minimum atomic E-state index is 0.280. The van der Waals surface area contributed by atoms with Gasteiger partial charge in [-0.05, 0) is 31.9 Å². The lowest BCUT2D eigenvalue weighted by atomic mass is 10.3. The maximum atomic E-state index is 6.20. The van der Waals surface area contributed by atoms with Gasteiger partial charge < -0.3 is 15.0 Å². The first kappa shape index (κ1) is 14.6. The number of halogens is 1. The third-order valence-corrected chi connectivity index (χ3v) is 3.81. The molecule has 0 radical (unpaired) electrons. The fourth-order valence-corrected chi connectivity index (χ4v) is 2.07. The fourth-order valence-electron chi connectivity index (χ4n) is 1.90. The second-order valence-electron chi connectivity index (χ2n) is 5.17. The highest BCUT2D eigenvalue weighted by Gasteiger charge is 2.21. The number of hydrogen-bond acceptors (Lipinski definition) is 4. The predicted molar refractivity (Wildman–Crippen MR) is 78.8 cm³/mol. The summed E-state index contributed by atoms with van der Waals surface area (Å²) >= 11 is 6.20. The van der Waals surface area contributed by atoms with Crippen molar-refractivity contribution in [1.82, 2.24) is 10.3 Å². The molecule has 19 heavy (non-hydrogen) atoms.